The number of anilines is 2. The molecule has 8 nitrogen and oxygen atoms in total. The molecule has 0 unspecified atom stereocenters. The number of para-hydroxylation sites is 1. The van der Waals surface area contributed by atoms with Crippen molar-refractivity contribution in [3.8, 4) is 0 Å². The van der Waals surface area contributed by atoms with E-state index in [9.17, 15) is 32.3 Å². The van der Waals surface area contributed by atoms with Gasteiger partial charge in [-0.15, -0.1) is 0 Å². The van der Waals surface area contributed by atoms with Crippen LogP contribution >= 0.6 is 34.7 Å². The van der Waals surface area contributed by atoms with Crippen LogP contribution in [-0.4, -0.2) is 27.5 Å². The Morgan fingerprint density at radius 2 is 1.73 bits per heavy atom. The lowest BCUT2D eigenvalue weighted by Gasteiger charge is -2.29. The van der Waals surface area contributed by atoms with Crippen molar-refractivity contribution in [3.05, 3.63) is 97.8 Å². The second kappa shape index (κ2) is 10.2. The molecule has 2 aliphatic rings. The number of furan rings is 1. The number of aromatic nitrogens is 1. The number of halogens is 4. The summed E-state index contributed by atoms with van der Waals surface area (Å²) < 4.78 is 48.3. The molecule has 4 heterocycles. The molecular weight excluding hydrogens is 603 g/mol. The van der Waals surface area contributed by atoms with Crippen molar-refractivity contribution >= 4 is 63.8 Å². The third kappa shape index (κ3) is 4.77. The van der Waals surface area contributed by atoms with Crippen LogP contribution in [0.3, 0.4) is 0 Å². The maximum absolute atomic E-state index is 13.8. The van der Waals surface area contributed by atoms with E-state index < -0.39 is 63.7 Å². The lowest BCUT2D eigenvalue weighted by Crippen LogP contribution is -2.33. The van der Waals surface area contributed by atoms with Crippen LogP contribution in [-0.2, 0) is 27.1 Å². The number of imide groups is 1. The molecule has 1 saturated heterocycles. The Kier molecular flexibility index (Phi) is 6.83. The molecule has 0 spiro atoms. The number of thioether (sulfide) groups is 1. The summed E-state index contributed by atoms with van der Waals surface area (Å²) >= 11 is 7.58. The topological polar surface area (TPSA) is 102 Å². The molecule has 41 heavy (non-hydrogen) atoms. The van der Waals surface area contributed by atoms with E-state index in [1.54, 1.807) is 36.4 Å². The van der Waals surface area contributed by atoms with Gasteiger partial charge in [-0.3, -0.25) is 23.7 Å². The quantitative estimate of drug-likeness (QED) is 0.292. The summed E-state index contributed by atoms with van der Waals surface area (Å²) in [7, 11) is 0. The first-order valence-corrected chi connectivity index (χ1v) is 14.1. The van der Waals surface area contributed by atoms with Gasteiger partial charge in [0.05, 0.1) is 39.3 Å². The molecule has 14 heteroatoms. The minimum absolute atomic E-state index is 0.271. The second-order valence-corrected chi connectivity index (χ2v) is 11.8. The largest absolute Gasteiger partial charge is 0.469 e. The number of benzene rings is 2. The van der Waals surface area contributed by atoms with Gasteiger partial charge in [-0.2, -0.15) is 13.2 Å². The molecule has 0 saturated carbocycles. The fourth-order valence-corrected chi connectivity index (χ4v) is 7.93. The Bertz CT molecular complexity index is 1730. The van der Waals surface area contributed by atoms with Crippen LogP contribution in [0, 0.1) is 5.92 Å². The van der Waals surface area contributed by atoms with Crippen molar-refractivity contribution < 1.29 is 32.0 Å². The van der Waals surface area contributed by atoms with E-state index in [-0.39, 0.29) is 10.8 Å². The molecule has 1 fully saturated rings. The number of nitrogens with one attached hydrogen (secondary N) is 1. The summed E-state index contributed by atoms with van der Waals surface area (Å²) in [5, 5.41) is 2.27. The maximum atomic E-state index is 13.8. The minimum atomic E-state index is -4.81. The van der Waals surface area contributed by atoms with Crippen molar-refractivity contribution in [3.63, 3.8) is 0 Å². The summed E-state index contributed by atoms with van der Waals surface area (Å²) in [6, 6.07) is 13.9. The molecular formula is C27H17ClF3N3O5S2. The first-order valence-electron chi connectivity index (χ1n) is 12.1. The van der Waals surface area contributed by atoms with Gasteiger partial charge in [-0.05, 0) is 48.5 Å². The van der Waals surface area contributed by atoms with Crippen molar-refractivity contribution in [2.75, 3.05) is 10.2 Å². The third-order valence-corrected chi connectivity index (χ3v) is 9.63. The molecule has 210 valence electrons. The Morgan fingerprint density at radius 3 is 2.41 bits per heavy atom. The van der Waals surface area contributed by atoms with Crippen molar-refractivity contribution in [1.82, 2.24) is 4.57 Å². The van der Waals surface area contributed by atoms with Crippen LogP contribution in [0.4, 0.5) is 24.5 Å². The predicted molar refractivity (Wildman–Crippen MR) is 146 cm³/mol. The van der Waals surface area contributed by atoms with Gasteiger partial charge in [0.1, 0.15) is 17.6 Å². The van der Waals surface area contributed by atoms with Crippen LogP contribution in [0.2, 0.25) is 5.02 Å². The van der Waals surface area contributed by atoms with E-state index in [0.29, 0.717) is 20.5 Å². The summed E-state index contributed by atoms with van der Waals surface area (Å²) in [6.07, 6.45) is -3.45. The molecule has 2 aliphatic heterocycles. The van der Waals surface area contributed by atoms with E-state index in [1.807, 2.05) is 0 Å². The molecule has 6 rings (SSSR count). The number of carbonyl (C=O) groups excluding carboxylic acids is 3. The van der Waals surface area contributed by atoms with E-state index in [0.717, 1.165) is 35.2 Å². The van der Waals surface area contributed by atoms with Gasteiger partial charge in [0.15, 0.2) is 0 Å². The van der Waals surface area contributed by atoms with Crippen LogP contribution in [0.1, 0.15) is 22.1 Å². The summed E-state index contributed by atoms with van der Waals surface area (Å²) in [5.41, 5.74) is -1.23. The molecule has 1 N–H and O–H groups in total. The first kappa shape index (κ1) is 27.4. The van der Waals surface area contributed by atoms with Gasteiger partial charge in [-0.25, -0.2) is 4.90 Å². The van der Waals surface area contributed by atoms with E-state index >= 15 is 0 Å². The Hall–Kier alpha value is -3.81. The van der Waals surface area contributed by atoms with Crippen molar-refractivity contribution in [2.45, 2.75) is 28.9 Å². The van der Waals surface area contributed by atoms with Crippen LogP contribution < -0.4 is 15.1 Å². The van der Waals surface area contributed by atoms with Gasteiger partial charge in [-0.1, -0.05) is 46.8 Å². The van der Waals surface area contributed by atoms with E-state index in [4.69, 9.17) is 16.0 Å². The molecule has 3 amide bonds. The smallest absolute Gasteiger partial charge is 0.418 e. The van der Waals surface area contributed by atoms with Crippen LogP contribution in [0.5, 0.6) is 0 Å². The van der Waals surface area contributed by atoms with Gasteiger partial charge in [0, 0.05) is 10.7 Å². The average Bonchev–Trinajstić information content (AvgIpc) is 3.62. The molecule has 0 bridgehead atoms. The number of nitrogens with zero attached hydrogens (tertiary/aromatic N) is 2. The zero-order chi connectivity index (χ0) is 29.1. The standard InChI is InChI=1S/C27H17ClF3N3O5S2/c28-13-7-9-14(10-8-13)32-18(35)12-33-25-22(41-26(33)38)19(17-6-3-11-39-17)20-21(40-25)24(37)34(23(20)36)16-5-2-1-4-15(16)27(29,30)31/h1-11,19-21H,12H2,(H,32,35)/t19-,20-,21+/m0/s1. The van der Waals surface area contributed by atoms with Gasteiger partial charge in [0.25, 0.3) is 0 Å². The molecule has 2 aromatic carbocycles. The summed E-state index contributed by atoms with van der Waals surface area (Å²) in [6.45, 7) is -0.398. The fourth-order valence-electron chi connectivity index (χ4n) is 5.05. The Morgan fingerprint density at radius 1 is 1.00 bits per heavy atom. The van der Waals surface area contributed by atoms with Crippen LogP contribution in [0.25, 0.3) is 0 Å². The number of hydrogen-bond donors (Lipinski definition) is 1. The third-order valence-electron chi connectivity index (χ3n) is 6.78. The highest BCUT2D eigenvalue weighted by Crippen LogP contribution is 2.54. The normalized spacial score (nSPS) is 20.2. The number of alkyl halides is 3. The number of thiazole rings is 1. The second-order valence-electron chi connectivity index (χ2n) is 9.26. The van der Waals surface area contributed by atoms with E-state index in [2.05, 4.69) is 5.32 Å². The van der Waals surface area contributed by atoms with Gasteiger partial charge in [0.2, 0.25) is 17.7 Å². The Balaban J connectivity index is 1.40. The zero-order valence-corrected chi connectivity index (χ0v) is 22.9. The highest BCUT2D eigenvalue weighted by Gasteiger charge is 2.58. The van der Waals surface area contributed by atoms with Gasteiger partial charge >= 0.3 is 11.0 Å². The molecule has 3 atom stereocenters. The number of rotatable bonds is 5. The van der Waals surface area contributed by atoms with Crippen LogP contribution in [0.15, 0.2) is 81.2 Å². The molecule has 0 aliphatic carbocycles. The monoisotopic (exact) mass is 619 g/mol. The highest BCUT2D eigenvalue weighted by molar-refractivity contribution is 8.00. The number of fused-ring (bicyclic) bond motifs is 2. The van der Waals surface area contributed by atoms with Crippen molar-refractivity contribution in [2.24, 2.45) is 5.92 Å². The zero-order valence-electron chi connectivity index (χ0n) is 20.6. The predicted octanol–water partition coefficient (Wildman–Crippen LogP) is 5.61. The fraction of sp³-hybridized carbons (Fsp3) is 0.185. The number of amides is 3. The van der Waals surface area contributed by atoms with Gasteiger partial charge < -0.3 is 9.73 Å². The number of hydrogen-bond acceptors (Lipinski definition) is 7. The summed E-state index contributed by atoms with van der Waals surface area (Å²) in [5.74, 6) is -4.00. The highest BCUT2D eigenvalue weighted by atomic mass is 35.5. The molecule has 0 radical (unpaired) electrons. The minimum Gasteiger partial charge on any atom is -0.469 e. The SMILES string of the molecule is O=C(Cn1c2c(sc1=O)[C@@H](c1ccco1)[C@@H]1C(=O)N(c3ccccc3C(F)(F)F)C(=O)[C@@H]1S2)Nc1ccc(Cl)cc1. The molecule has 4 aromatic rings. The summed E-state index contributed by atoms with van der Waals surface area (Å²) in [4.78, 5) is 53.9. The first-order chi connectivity index (χ1) is 19.5. The molecule has 2 aromatic heterocycles. The lowest BCUT2D eigenvalue weighted by molar-refractivity contribution is -0.137. The van der Waals surface area contributed by atoms with E-state index in [1.165, 1.54) is 23.0 Å². The Labute approximate surface area is 242 Å². The lowest BCUT2D eigenvalue weighted by atomic mass is 9.86. The average molecular weight is 620 g/mol. The number of carbonyl (C=O) groups is 3. The van der Waals surface area contributed by atoms with Crippen molar-refractivity contribution in [1.29, 1.82) is 0 Å². The maximum Gasteiger partial charge on any atom is 0.418 e.